The third-order valence-electron chi connectivity index (χ3n) is 4.24. The van der Waals surface area contributed by atoms with Crippen molar-refractivity contribution < 1.29 is 8.42 Å². The molecule has 1 N–H and O–H groups in total. The van der Waals surface area contributed by atoms with Gasteiger partial charge in [-0.25, -0.2) is 13.2 Å². The average molecular weight is 359 g/mol. The fourth-order valence-electron chi connectivity index (χ4n) is 2.91. The van der Waals surface area contributed by atoms with Crippen LogP contribution >= 0.6 is 0 Å². The van der Waals surface area contributed by atoms with Gasteiger partial charge in [-0.2, -0.15) is 0 Å². The molecule has 1 aromatic heterocycles. The van der Waals surface area contributed by atoms with Gasteiger partial charge in [0.15, 0.2) is 0 Å². The van der Waals surface area contributed by atoms with Gasteiger partial charge >= 0.3 is 5.69 Å². The highest BCUT2D eigenvalue weighted by molar-refractivity contribution is 7.92. The van der Waals surface area contributed by atoms with Crippen LogP contribution in [0.4, 0.5) is 5.69 Å². The van der Waals surface area contributed by atoms with Gasteiger partial charge in [-0.15, -0.1) is 0 Å². The van der Waals surface area contributed by atoms with Gasteiger partial charge in [0.2, 0.25) is 0 Å². The lowest BCUT2D eigenvalue weighted by atomic mass is 10.2. The molecule has 0 saturated heterocycles. The number of anilines is 1. The molecule has 0 amide bonds. The molecule has 3 aromatic rings. The standard InChI is InChI=1S/C18H21N3O3S/c1-4-20-16-11-10-15(12-17(16)21(5-2)18(20)22)25(23,24)19-14-8-6-13(3)7-9-14/h6-12,19H,4-5H2,1-3H3. The third kappa shape index (κ3) is 3.07. The van der Waals surface area contributed by atoms with Gasteiger partial charge in [-0.3, -0.25) is 13.9 Å². The maximum absolute atomic E-state index is 12.7. The van der Waals surface area contributed by atoms with Crippen LogP contribution in [-0.2, 0) is 23.1 Å². The molecular weight excluding hydrogens is 338 g/mol. The number of nitrogens with zero attached hydrogens (tertiary/aromatic N) is 2. The first-order chi connectivity index (χ1) is 11.9. The number of nitrogens with one attached hydrogen (secondary N) is 1. The van der Waals surface area contributed by atoms with E-state index in [0.29, 0.717) is 24.3 Å². The van der Waals surface area contributed by atoms with Crippen LogP contribution in [0.2, 0.25) is 0 Å². The van der Waals surface area contributed by atoms with Gasteiger partial charge in [-0.05, 0) is 51.1 Å². The number of aryl methyl sites for hydroxylation is 3. The first-order valence-electron chi connectivity index (χ1n) is 8.20. The summed E-state index contributed by atoms with van der Waals surface area (Å²) in [6.07, 6.45) is 0. The Morgan fingerprint density at radius 2 is 1.52 bits per heavy atom. The molecule has 0 aliphatic heterocycles. The molecule has 132 valence electrons. The Hall–Kier alpha value is -2.54. The van der Waals surface area contributed by atoms with E-state index in [0.717, 1.165) is 11.1 Å². The van der Waals surface area contributed by atoms with Crippen LogP contribution in [0.5, 0.6) is 0 Å². The molecule has 2 aromatic carbocycles. The van der Waals surface area contributed by atoms with Crippen LogP contribution in [0.3, 0.4) is 0 Å². The lowest BCUT2D eigenvalue weighted by Crippen LogP contribution is -2.23. The van der Waals surface area contributed by atoms with Gasteiger partial charge in [0, 0.05) is 18.8 Å². The van der Waals surface area contributed by atoms with Crippen molar-refractivity contribution in [2.45, 2.75) is 38.8 Å². The summed E-state index contributed by atoms with van der Waals surface area (Å²) in [5.41, 5.74) is 2.80. The van der Waals surface area contributed by atoms with Crippen molar-refractivity contribution in [2.24, 2.45) is 0 Å². The molecule has 3 rings (SSSR count). The lowest BCUT2D eigenvalue weighted by molar-refractivity contribution is 0.601. The molecule has 1 heterocycles. The van der Waals surface area contributed by atoms with E-state index in [4.69, 9.17) is 0 Å². The number of benzene rings is 2. The second-order valence-electron chi connectivity index (χ2n) is 5.89. The highest BCUT2D eigenvalue weighted by atomic mass is 32.2. The van der Waals surface area contributed by atoms with E-state index in [9.17, 15) is 13.2 Å². The summed E-state index contributed by atoms with van der Waals surface area (Å²) in [5.74, 6) is 0. The summed E-state index contributed by atoms with van der Waals surface area (Å²) in [6.45, 7) is 6.72. The Balaban J connectivity index is 2.09. The lowest BCUT2D eigenvalue weighted by Gasteiger charge is -2.09. The normalized spacial score (nSPS) is 11.8. The largest absolute Gasteiger partial charge is 0.329 e. The van der Waals surface area contributed by atoms with Crippen LogP contribution in [0.15, 0.2) is 52.2 Å². The van der Waals surface area contributed by atoms with Crippen LogP contribution in [-0.4, -0.2) is 17.6 Å². The van der Waals surface area contributed by atoms with E-state index in [1.807, 2.05) is 32.9 Å². The number of fused-ring (bicyclic) bond motifs is 1. The van der Waals surface area contributed by atoms with Crippen LogP contribution in [0.25, 0.3) is 11.0 Å². The van der Waals surface area contributed by atoms with E-state index in [-0.39, 0.29) is 10.6 Å². The zero-order valence-corrected chi connectivity index (χ0v) is 15.3. The Labute approximate surface area is 146 Å². The molecular formula is C18H21N3O3S. The summed E-state index contributed by atoms with van der Waals surface area (Å²) >= 11 is 0. The average Bonchev–Trinajstić information content (AvgIpc) is 2.86. The van der Waals surface area contributed by atoms with Crippen LogP contribution in [0.1, 0.15) is 19.4 Å². The molecule has 0 radical (unpaired) electrons. The fourth-order valence-corrected chi connectivity index (χ4v) is 3.99. The van der Waals surface area contributed by atoms with Crippen molar-refractivity contribution >= 4 is 26.7 Å². The second kappa shape index (κ2) is 6.40. The number of sulfonamides is 1. The van der Waals surface area contributed by atoms with Crippen molar-refractivity contribution in [3.05, 3.63) is 58.5 Å². The molecule has 0 saturated carbocycles. The summed E-state index contributed by atoms with van der Waals surface area (Å²) in [4.78, 5) is 12.5. The molecule has 0 fully saturated rings. The van der Waals surface area contributed by atoms with Crippen LogP contribution in [0, 0.1) is 6.92 Å². The molecule has 25 heavy (non-hydrogen) atoms. The zero-order valence-electron chi connectivity index (χ0n) is 14.5. The quantitative estimate of drug-likeness (QED) is 0.761. The molecule has 7 heteroatoms. The molecule has 0 aliphatic carbocycles. The fraction of sp³-hybridized carbons (Fsp3) is 0.278. The molecule has 0 atom stereocenters. The number of hydrogen-bond acceptors (Lipinski definition) is 3. The maximum atomic E-state index is 12.7. The van der Waals surface area contributed by atoms with Gasteiger partial charge in [0.1, 0.15) is 0 Å². The molecule has 0 aliphatic rings. The minimum Gasteiger partial charge on any atom is -0.292 e. The minimum absolute atomic E-state index is 0.124. The highest BCUT2D eigenvalue weighted by Crippen LogP contribution is 2.21. The van der Waals surface area contributed by atoms with Crippen molar-refractivity contribution in [3.63, 3.8) is 0 Å². The third-order valence-corrected chi connectivity index (χ3v) is 5.62. The zero-order chi connectivity index (χ0) is 18.2. The highest BCUT2D eigenvalue weighted by Gasteiger charge is 2.18. The smallest absolute Gasteiger partial charge is 0.292 e. The predicted molar refractivity (Wildman–Crippen MR) is 99.5 cm³/mol. The summed E-state index contributed by atoms with van der Waals surface area (Å²) < 4.78 is 31.2. The van der Waals surface area contributed by atoms with E-state index in [2.05, 4.69) is 4.72 Å². The molecule has 6 nitrogen and oxygen atoms in total. The number of rotatable bonds is 5. The van der Waals surface area contributed by atoms with E-state index < -0.39 is 10.0 Å². The topological polar surface area (TPSA) is 73.1 Å². The Morgan fingerprint density at radius 3 is 2.12 bits per heavy atom. The minimum atomic E-state index is -3.73. The van der Waals surface area contributed by atoms with Gasteiger partial charge < -0.3 is 0 Å². The Morgan fingerprint density at radius 1 is 0.920 bits per heavy atom. The van der Waals surface area contributed by atoms with Crippen molar-refractivity contribution in [1.82, 2.24) is 9.13 Å². The van der Waals surface area contributed by atoms with E-state index in [1.165, 1.54) is 6.07 Å². The molecule has 0 spiro atoms. The maximum Gasteiger partial charge on any atom is 0.329 e. The Kier molecular flexibility index (Phi) is 4.43. The van der Waals surface area contributed by atoms with Gasteiger partial charge in [0.05, 0.1) is 15.9 Å². The number of imidazole rings is 1. The van der Waals surface area contributed by atoms with Crippen molar-refractivity contribution in [2.75, 3.05) is 4.72 Å². The second-order valence-corrected chi connectivity index (χ2v) is 7.58. The molecule has 0 bridgehead atoms. The van der Waals surface area contributed by atoms with E-state index in [1.54, 1.807) is 33.4 Å². The first kappa shape index (κ1) is 17.3. The van der Waals surface area contributed by atoms with Crippen molar-refractivity contribution in [3.8, 4) is 0 Å². The van der Waals surface area contributed by atoms with Crippen LogP contribution < -0.4 is 10.4 Å². The molecule has 0 unspecified atom stereocenters. The summed E-state index contributed by atoms with van der Waals surface area (Å²) in [7, 11) is -3.73. The first-order valence-corrected chi connectivity index (χ1v) is 9.68. The summed E-state index contributed by atoms with van der Waals surface area (Å²) in [5, 5.41) is 0. The SMILES string of the molecule is CCn1c(=O)n(CC)c2cc(S(=O)(=O)Nc3ccc(C)cc3)ccc21. The number of aromatic nitrogens is 2. The monoisotopic (exact) mass is 359 g/mol. The van der Waals surface area contributed by atoms with Gasteiger partial charge in [-0.1, -0.05) is 17.7 Å². The van der Waals surface area contributed by atoms with Crippen molar-refractivity contribution in [1.29, 1.82) is 0 Å². The van der Waals surface area contributed by atoms with E-state index >= 15 is 0 Å². The summed E-state index contributed by atoms with van der Waals surface area (Å²) in [6, 6.07) is 11.9. The predicted octanol–water partition coefficient (Wildman–Crippen LogP) is 2.95. The Bertz CT molecular complexity index is 1080. The number of hydrogen-bond donors (Lipinski definition) is 1. The van der Waals surface area contributed by atoms with Gasteiger partial charge in [0.25, 0.3) is 10.0 Å².